The lowest BCUT2D eigenvalue weighted by atomic mass is 9.52. The first kappa shape index (κ1) is 15.1. The molecule has 5 atom stereocenters. The van der Waals surface area contributed by atoms with Crippen LogP contribution in [-0.2, 0) is 4.79 Å². The number of fused-ring (bicyclic) bond motifs is 5. The lowest BCUT2D eigenvalue weighted by Gasteiger charge is -2.53. The van der Waals surface area contributed by atoms with Crippen LogP contribution in [0.5, 0.6) is 0 Å². The van der Waals surface area contributed by atoms with Crippen LogP contribution in [-0.4, -0.2) is 22.3 Å². The van der Waals surface area contributed by atoms with Gasteiger partial charge in [-0.05, 0) is 56.4 Å². The summed E-state index contributed by atoms with van der Waals surface area (Å²) in [5.41, 5.74) is 3.12. The average Bonchev–Trinajstić information content (AvgIpc) is 2.82. The van der Waals surface area contributed by atoms with E-state index in [2.05, 4.69) is 28.9 Å². The Balaban J connectivity index is 1.79. The molecule has 4 rings (SSSR count). The van der Waals surface area contributed by atoms with Crippen molar-refractivity contribution in [1.29, 1.82) is 0 Å². The largest absolute Gasteiger partial charge is 0.393 e. The Bertz CT molecular complexity index is 578. The second-order valence-electron chi connectivity index (χ2n) is 8.07. The molecule has 4 aliphatic rings. The predicted molar refractivity (Wildman–Crippen MR) is 90.8 cm³/mol. The fourth-order valence-corrected chi connectivity index (χ4v) is 6.85. The average molecular weight is 365 g/mol. The molecule has 1 N–H and O–H groups in total. The molecule has 0 radical (unpaired) electrons. The maximum atomic E-state index is 11.9. The summed E-state index contributed by atoms with van der Waals surface area (Å²) in [5, 5.41) is 11.4. The molecule has 0 bridgehead atoms. The molecule has 0 amide bonds. The molecule has 120 valence electrons. The minimum atomic E-state index is -0.139. The molecule has 2 fully saturated rings. The number of aliphatic hydroxyl groups excluding tert-OH is 1. The van der Waals surface area contributed by atoms with Gasteiger partial charge in [-0.15, -0.1) is 0 Å². The van der Waals surface area contributed by atoms with Crippen LogP contribution >= 0.6 is 15.9 Å². The van der Waals surface area contributed by atoms with Gasteiger partial charge in [0.1, 0.15) is 0 Å². The van der Waals surface area contributed by atoms with Gasteiger partial charge in [0.25, 0.3) is 0 Å². The van der Waals surface area contributed by atoms with E-state index >= 15 is 0 Å². The predicted octanol–water partition coefficient (Wildman–Crippen LogP) is 4.17. The van der Waals surface area contributed by atoms with Gasteiger partial charge in [-0.1, -0.05) is 40.1 Å². The van der Waals surface area contributed by atoms with Gasteiger partial charge in [0.2, 0.25) is 0 Å². The highest BCUT2D eigenvalue weighted by molar-refractivity contribution is 9.09. The van der Waals surface area contributed by atoms with Crippen molar-refractivity contribution in [2.24, 2.45) is 22.7 Å². The van der Waals surface area contributed by atoms with E-state index < -0.39 is 0 Å². The Morgan fingerprint density at radius 3 is 2.91 bits per heavy atom. The Morgan fingerprint density at radius 2 is 2.14 bits per heavy atom. The first-order valence-electron chi connectivity index (χ1n) is 8.70. The molecule has 0 heterocycles. The SMILES string of the molecule is C[C@@]12CC=C3C(CCC4=CC(=O)CC[C@]43CBr)C1CCC2O. The third-order valence-corrected chi connectivity index (χ3v) is 8.22. The van der Waals surface area contributed by atoms with E-state index in [9.17, 15) is 9.90 Å². The number of aliphatic hydroxyl groups is 1. The summed E-state index contributed by atoms with van der Waals surface area (Å²) < 4.78 is 0. The number of ketones is 1. The van der Waals surface area contributed by atoms with Gasteiger partial charge in [-0.3, -0.25) is 4.79 Å². The van der Waals surface area contributed by atoms with Crippen LogP contribution in [0.4, 0.5) is 0 Å². The second-order valence-corrected chi connectivity index (χ2v) is 8.63. The molecule has 0 aromatic rings. The maximum absolute atomic E-state index is 11.9. The lowest BCUT2D eigenvalue weighted by Crippen LogP contribution is -2.47. The van der Waals surface area contributed by atoms with Gasteiger partial charge in [0.05, 0.1) is 6.10 Å². The fourth-order valence-electron chi connectivity index (χ4n) is 5.88. The zero-order chi connectivity index (χ0) is 15.5. The van der Waals surface area contributed by atoms with Gasteiger partial charge < -0.3 is 5.11 Å². The zero-order valence-electron chi connectivity index (χ0n) is 13.3. The maximum Gasteiger partial charge on any atom is 0.155 e. The molecular formula is C19H25BrO2. The topological polar surface area (TPSA) is 37.3 Å². The smallest absolute Gasteiger partial charge is 0.155 e. The van der Waals surface area contributed by atoms with Crippen molar-refractivity contribution in [3.63, 3.8) is 0 Å². The quantitative estimate of drug-likeness (QED) is 0.559. The van der Waals surface area contributed by atoms with E-state index in [4.69, 9.17) is 0 Å². The number of hydrogen-bond donors (Lipinski definition) is 1. The molecule has 3 unspecified atom stereocenters. The molecule has 3 heteroatoms. The van der Waals surface area contributed by atoms with Crippen molar-refractivity contribution < 1.29 is 9.90 Å². The summed E-state index contributed by atoms with van der Waals surface area (Å²) in [6.07, 6.45) is 11.2. The van der Waals surface area contributed by atoms with Crippen molar-refractivity contribution in [3.05, 3.63) is 23.3 Å². The van der Waals surface area contributed by atoms with Crippen LogP contribution in [0.3, 0.4) is 0 Å². The third kappa shape index (κ3) is 1.84. The molecule has 0 spiro atoms. The van der Waals surface area contributed by atoms with Gasteiger partial charge in [0, 0.05) is 22.6 Å². The molecule has 0 aliphatic heterocycles. The van der Waals surface area contributed by atoms with Gasteiger partial charge in [-0.2, -0.15) is 0 Å². The minimum absolute atomic E-state index is 0.0768. The van der Waals surface area contributed by atoms with E-state index in [-0.39, 0.29) is 16.9 Å². The highest BCUT2D eigenvalue weighted by atomic mass is 79.9. The van der Waals surface area contributed by atoms with E-state index in [1.54, 1.807) is 5.57 Å². The number of carbonyl (C=O) groups excluding carboxylic acids is 1. The highest BCUT2D eigenvalue weighted by Crippen LogP contribution is 2.63. The summed E-state index contributed by atoms with van der Waals surface area (Å²) in [5.74, 6) is 1.54. The second kappa shape index (κ2) is 5.04. The minimum Gasteiger partial charge on any atom is -0.393 e. The summed E-state index contributed by atoms with van der Waals surface area (Å²) in [6, 6.07) is 0. The Labute approximate surface area is 141 Å². The zero-order valence-corrected chi connectivity index (χ0v) is 14.9. The summed E-state index contributed by atoms with van der Waals surface area (Å²) in [7, 11) is 0. The van der Waals surface area contributed by atoms with Gasteiger partial charge in [-0.25, -0.2) is 0 Å². The number of halogens is 1. The van der Waals surface area contributed by atoms with Crippen LogP contribution in [0.1, 0.15) is 51.9 Å². The number of carbonyl (C=O) groups is 1. The Kier molecular flexibility index (Phi) is 3.47. The van der Waals surface area contributed by atoms with Crippen LogP contribution < -0.4 is 0 Å². The van der Waals surface area contributed by atoms with Gasteiger partial charge >= 0.3 is 0 Å². The molecule has 0 aromatic heterocycles. The van der Waals surface area contributed by atoms with E-state index in [0.29, 0.717) is 24.0 Å². The molecule has 2 nitrogen and oxygen atoms in total. The summed E-state index contributed by atoms with van der Waals surface area (Å²) >= 11 is 3.78. The normalized spacial score (nSPS) is 47.2. The molecule has 2 saturated carbocycles. The van der Waals surface area contributed by atoms with Crippen molar-refractivity contribution >= 4 is 21.7 Å². The Hall–Kier alpha value is -0.410. The molecule has 0 saturated heterocycles. The van der Waals surface area contributed by atoms with E-state index in [1.807, 2.05) is 6.08 Å². The number of allylic oxidation sites excluding steroid dienone is 4. The first-order valence-corrected chi connectivity index (χ1v) is 9.82. The van der Waals surface area contributed by atoms with Crippen molar-refractivity contribution in [2.75, 3.05) is 5.33 Å². The van der Waals surface area contributed by atoms with Crippen LogP contribution in [0.15, 0.2) is 23.3 Å². The van der Waals surface area contributed by atoms with Crippen LogP contribution in [0, 0.1) is 22.7 Å². The summed E-state index contributed by atoms with van der Waals surface area (Å²) in [4.78, 5) is 11.9. The Morgan fingerprint density at radius 1 is 1.32 bits per heavy atom. The lowest BCUT2D eigenvalue weighted by molar-refractivity contribution is -0.115. The highest BCUT2D eigenvalue weighted by Gasteiger charge is 2.56. The van der Waals surface area contributed by atoms with Crippen LogP contribution in [0.2, 0.25) is 0 Å². The van der Waals surface area contributed by atoms with Gasteiger partial charge in [0.15, 0.2) is 5.78 Å². The monoisotopic (exact) mass is 364 g/mol. The number of rotatable bonds is 1. The molecule has 4 aliphatic carbocycles. The molecule has 22 heavy (non-hydrogen) atoms. The van der Waals surface area contributed by atoms with Crippen molar-refractivity contribution in [2.45, 2.75) is 58.0 Å². The third-order valence-electron chi connectivity index (χ3n) is 7.26. The molecule has 0 aromatic carbocycles. The van der Waals surface area contributed by atoms with Crippen molar-refractivity contribution in [1.82, 2.24) is 0 Å². The standard InChI is InChI=1S/C19H25BrO2/c1-18-8-7-16-14(15(18)4-5-17(18)22)3-2-12-10-13(21)6-9-19(12,16)11-20/h7,10,14-15,17,22H,2-6,8-9,11H2,1H3/t14?,15?,17?,18-,19+/m1/s1. The van der Waals surface area contributed by atoms with Crippen molar-refractivity contribution in [3.8, 4) is 0 Å². The number of hydrogen-bond acceptors (Lipinski definition) is 2. The first-order chi connectivity index (χ1) is 10.5. The summed E-state index contributed by atoms with van der Waals surface area (Å²) in [6.45, 7) is 2.29. The fraction of sp³-hybridized carbons (Fsp3) is 0.737. The van der Waals surface area contributed by atoms with E-state index in [0.717, 1.165) is 43.9 Å². The number of alkyl halides is 1. The molecular weight excluding hydrogens is 340 g/mol. The van der Waals surface area contributed by atoms with E-state index in [1.165, 1.54) is 5.57 Å². The van der Waals surface area contributed by atoms with Crippen LogP contribution in [0.25, 0.3) is 0 Å².